The van der Waals surface area contributed by atoms with E-state index in [4.69, 9.17) is 23.2 Å². The molecule has 72 valence electrons. The first-order valence-electron chi connectivity index (χ1n) is 3.97. The van der Waals surface area contributed by atoms with Crippen LogP contribution in [0, 0.1) is 0 Å². The zero-order chi connectivity index (χ0) is 10.1. The molecular weight excluding hydrogens is 221 g/mol. The van der Waals surface area contributed by atoms with Gasteiger partial charge in [-0.3, -0.25) is 0 Å². The van der Waals surface area contributed by atoms with Gasteiger partial charge < -0.3 is 4.57 Å². The third-order valence-electron chi connectivity index (χ3n) is 1.88. The van der Waals surface area contributed by atoms with Crippen LogP contribution in [-0.4, -0.2) is 14.5 Å². The predicted molar refractivity (Wildman–Crippen MR) is 56.5 cm³/mol. The first-order valence-corrected chi connectivity index (χ1v) is 4.72. The lowest BCUT2D eigenvalue weighted by Gasteiger charge is -2.01. The smallest absolute Gasteiger partial charge is 0.141 e. The highest BCUT2D eigenvalue weighted by Gasteiger charge is 2.10. The van der Waals surface area contributed by atoms with Crippen molar-refractivity contribution >= 4 is 23.2 Å². The van der Waals surface area contributed by atoms with E-state index in [1.807, 2.05) is 30.1 Å². The molecule has 0 aliphatic carbocycles. The summed E-state index contributed by atoms with van der Waals surface area (Å²) < 4.78 is 1.91. The molecule has 2 aromatic heterocycles. The van der Waals surface area contributed by atoms with Gasteiger partial charge in [-0.1, -0.05) is 23.2 Å². The van der Waals surface area contributed by atoms with Crippen molar-refractivity contribution < 1.29 is 0 Å². The monoisotopic (exact) mass is 227 g/mol. The maximum atomic E-state index is 5.93. The Morgan fingerprint density at radius 1 is 1.21 bits per heavy atom. The fourth-order valence-electron chi connectivity index (χ4n) is 1.23. The quantitative estimate of drug-likeness (QED) is 0.702. The number of rotatable bonds is 1. The number of halogens is 2. The highest BCUT2D eigenvalue weighted by molar-refractivity contribution is 6.37. The zero-order valence-corrected chi connectivity index (χ0v) is 8.92. The molecule has 2 rings (SSSR count). The molecule has 0 spiro atoms. The van der Waals surface area contributed by atoms with Crippen molar-refractivity contribution in [2.45, 2.75) is 0 Å². The molecule has 0 N–H and O–H groups in total. The zero-order valence-electron chi connectivity index (χ0n) is 7.41. The molecule has 14 heavy (non-hydrogen) atoms. The Labute approximate surface area is 91.3 Å². The Kier molecular flexibility index (Phi) is 2.44. The molecule has 3 nitrogen and oxygen atoms in total. The Balaban J connectivity index is 2.61. The van der Waals surface area contributed by atoms with Crippen LogP contribution in [0.5, 0.6) is 0 Å². The average Bonchev–Trinajstić information content (AvgIpc) is 2.51. The largest absolute Gasteiger partial charge is 0.357 e. The number of hydrogen-bond donors (Lipinski definition) is 0. The van der Waals surface area contributed by atoms with Crippen LogP contribution in [-0.2, 0) is 7.05 Å². The highest BCUT2D eigenvalue weighted by atomic mass is 35.5. The van der Waals surface area contributed by atoms with Crippen molar-refractivity contribution in [3.05, 3.63) is 35.1 Å². The van der Waals surface area contributed by atoms with E-state index >= 15 is 0 Å². The Hall–Kier alpha value is -1.06. The van der Waals surface area contributed by atoms with Crippen LogP contribution < -0.4 is 0 Å². The van der Waals surface area contributed by atoms with Gasteiger partial charge in [-0.15, -0.1) is 0 Å². The molecule has 0 unspecified atom stereocenters. The molecule has 0 aliphatic rings. The van der Waals surface area contributed by atoms with Crippen LogP contribution >= 0.6 is 23.2 Å². The molecule has 2 heterocycles. The predicted octanol–water partition coefficient (Wildman–Crippen LogP) is 2.79. The third-order valence-corrected chi connectivity index (χ3v) is 2.45. The van der Waals surface area contributed by atoms with Gasteiger partial charge in [-0.05, 0) is 6.07 Å². The molecule has 0 aliphatic heterocycles. The molecule has 0 fully saturated rings. The first kappa shape index (κ1) is 9.49. The van der Waals surface area contributed by atoms with Crippen molar-refractivity contribution in [3.63, 3.8) is 0 Å². The number of aryl methyl sites for hydroxylation is 1. The lowest BCUT2D eigenvalue weighted by atomic mass is 10.2. The first-order chi connectivity index (χ1) is 6.68. The molecular formula is C9H7Cl2N3. The summed E-state index contributed by atoms with van der Waals surface area (Å²) in [6.45, 7) is 0. The molecule has 5 heteroatoms. The Bertz CT molecular complexity index is 445. The molecule has 0 bridgehead atoms. The van der Waals surface area contributed by atoms with E-state index in [1.165, 1.54) is 6.33 Å². The van der Waals surface area contributed by atoms with E-state index in [9.17, 15) is 0 Å². The average molecular weight is 228 g/mol. The van der Waals surface area contributed by atoms with Crippen molar-refractivity contribution in [2.75, 3.05) is 0 Å². The lowest BCUT2D eigenvalue weighted by molar-refractivity contribution is 0.928. The fraction of sp³-hybridized carbons (Fsp3) is 0.111. The van der Waals surface area contributed by atoms with E-state index in [2.05, 4.69) is 9.97 Å². The standard InChI is InChI=1S/C9H7Cl2N3/c1-14-3-2-6(4-14)7-8(10)12-5-13-9(7)11/h2-5H,1H3. The van der Waals surface area contributed by atoms with Crippen LogP contribution in [0.3, 0.4) is 0 Å². The van der Waals surface area contributed by atoms with Crippen LogP contribution in [0.15, 0.2) is 24.8 Å². The van der Waals surface area contributed by atoms with E-state index < -0.39 is 0 Å². The van der Waals surface area contributed by atoms with Crippen molar-refractivity contribution in [3.8, 4) is 11.1 Å². The molecule has 0 saturated heterocycles. The molecule has 0 radical (unpaired) electrons. The van der Waals surface area contributed by atoms with Crippen LogP contribution in [0.2, 0.25) is 10.3 Å². The van der Waals surface area contributed by atoms with E-state index in [0.717, 1.165) is 5.56 Å². The minimum atomic E-state index is 0.371. The van der Waals surface area contributed by atoms with Crippen LogP contribution in [0.1, 0.15) is 0 Å². The lowest BCUT2D eigenvalue weighted by Crippen LogP contribution is -1.87. The summed E-state index contributed by atoms with van der Waals surface area (Å²) in [7, 11) is 1.93. The number of aromatic nitrogens is 3. The molecule has 0 amide bonds. The van der Waals surface area contributed by atoms with Crippen molar-refractivity contribution in [1.82, 2.24) is 14.5 Å². The summed E-state index contributed by atoms with van der Waals surface area (Å²) in [6, 6.07) is 1.91. The molecule has 0 saturated carbocycles. The van der Waals surface area contributed by atoms with Gasteiger partial charge in [-0.2, -0.15) is 0 Å². The van der Waals surface area contributed by atoms with E-state index in [-0.39, 0.29) is 0 Å². The van der Waals surface area contributed by atoms with Crippen molar-refractivity contribution in [2.24, 2.45) is 7.05 Å². The summed E-state index contributed by atoms with van der Waals surface area (Å²) in [6.07, 6.45) is 5.17. The number of nitrogens with zero attached hydrogens (tertiary/aromatic N) is 3. The summed E-state index contributed by atoms with van der Waals surface area (Å²) >= 11 is 11.9. The third kappa shape index (κ3) is 1.61. The van der Waals surface area contributed by atoms with E-state index in [1.54, 1.807) is 0 Å². The van der Waals surface area contributed by atoms with Gasteiger partial charge in [0.25, 0.3) is 0 Å². The van der Waals surface area contributed by atoms with E-state index in [0.29, 0.717) is 15.9 Å². The normalized spacial score (nSPS) is 10.5. The van der Waals surface area contributed by atoms with Gasteiger partial charge in [0, 0.05) is 25.0 Å². The summed E-state index contributed by atoms with van der Waals surface area (Å²) in [5, 5.41) is 0.743. The number of hydrogen-bond acceptors (Lipinski definition) is 2. The van der Waals surface area contributed by atoms with Crippen molar-refractivity contribution in [1.29, 1.82) is 0 Å². The molecule has 2 aromatic rings. The van der Waals surface area contributed by atoms with Gasteiger partial charge in [-0.25, -0.2) is 9.97 Å². The summed E-state index contributed by atoms with van der Waals surface area (Å²) in [5.41, 5.74) is 1.60. The topological polar surface area (TPSA) is 30.7 Å². The SMILES string of the molecule is Cn1ccc(-c2c(Cl)ncnc2Cl)c1. The van der Waals surface area contributed by atoms with Gasteiger partial charge >= 0.3 is 0 Å². The molecule has 0 atom stereocenters. The fourth-order valence-corrected chi connectivity index (χ4v) is 1.77. The summed E-state index contributed by atoms with van der Waals surface area (Å²) in [4.78, 5) is 7.77. The highest BCUT2D eigenvalue weighted by Crippen LogP contribution is 2.31. The maximum Gasteiger partial charge on any atom is 0.141 e. The molecule has 0 aromatic carbocycles. The van der Waals surface area contributed by atoms with Gasteiger partial charge in [0.15, 0.2) is 0 Å². The van der Waals surface area contributed by atoms with Crippen LogP contribution in [0.25, 0.3) is 11.1 Å². The van der Waals surface area contributed by atoms with Crippen LogP contribution in [0.4, 0.5) is 0 Å². The van der Waals surface area contributed by atoms with Gasteiger partial charge in [0.1, 0.15) is 16.6 Å². The minimum absolute atomic E-state index is 0.371. The maximum absolute atomic E-state index is 5.93. The Morgan fingerprint density at radius 3 is 2.36 bits per heavy atom. The minimum Gasteiger partial charge on any atom is -0.357 e. The second-order valence-electron chi connectivity index (χ2n) is 2.90. The van der Waals surface area contributed by atoms with Gasteiger partial charge in [0.2, 0.25) is 0 Å². The second-order valence-corrected chi connectivity index (χ2v) is 3.61. The second kappa shape index (κ2) is 3.59. The Morgan fingerprint density at radius 2 is 1.86 bits per heavy atom. The van der Waals surface area contributed by atoms with Gasteiger partial charge in [0.05, 0.1) is 5.56 Å². The summed E-state index contributed by atoms with van der Waals surface area (Å²) in [5.74, 6) is 0.